The van der Waals surface area contributed by atoms with Crippen molar-refractivity contribution in [3.63, 3.8) is 0 Å². The molecule has 122 valence electrons. The number of phenolic OH excluding ortho intramolecular Hbond substituents is 1. The minimum Gasteiger partial charge on any atom is -0.505 e. The molecular weight excluding hydrogens is 296 g/mol. The second kappa shape index (κ2) is 6.21. The van der Waals surface area contributed by atoms with Crippen molar-refractivity contribution in [3.05, 3.63) is 41.8 Å². The van der Waals surface area contributed by atoms with Gasteiger partial charge in [-0.3, -0.25) is 0 Å². The third kappa shape index (κ3) is 4.16. The van der Waals surface area contributed by atoms with Crippen molar-refractivity contribution in [2.45, 2.75) is 32.5 Å². The van der Waals surface area contributed by atoms with Gasteiger partial charge in [0.2, 0.25) is 0 Å². The predicted molar refractivity (Wildman–Crippen MR) is 85.7 cm³/mol. The Balaban J connectivity index is 2.04. The van der Waals surface area contributed by atoms with E-state index in [1.165, 1.54) is 17.0 Å². The first-order valence-electron chi connectivity index (χ1n) is 7.22. The Morgan fingerprint density at radius 1 is 1.48 bits per heavy atom. The highest BCUT2D eigenvalue weighted by atomic mass is 16.6. The van der Waals surface area contributed by atoms with Crippen molar-refractivity contribution in [2.24, 2.45) is 0 Å². The van der Waals surface area contributed by atoms with Crippen LogP contribution in [0.4, 0.5) is 10.5 Å². The van der Waals surface area contributed by atoms with Gasteiger partial charge in [-0.25, -0.2) is 9.64 Å². The molecule has 6 heteroatoms. The maximum Gasteiger partial charge on any atom is 0.410 e. The van der Waals surface area contributed by atoms with E-state index >= 15 is 0 Å². The summed E-state index contributed by atoms with van der Waals surface area (Å²) >= 11 is 0. The molecule has 1 amide bonds. The average molecular weight is 316 g/mol. The van der Waals surface area contributed by atoms with Crippen LogP contribution in [0.5, 0.6) is 11.5 Å². The number of nitrogens with zero attached hydrogens (tertiary/aromatic N) is 2. The normalized spacial score (nSPS) is 17.7. The van der Waals surface area contributed by atoms with Crippen molar-refractivity contribution < 1.29 is 19.4 Å². The van der Waals surface area contributed by atoms with Gasteiger partial charge in [-0.05, 0) is 38.5 Å². The Morgan fingerprint density at radius 3 is 2.74 bits per heavy atom. The van der Waals surface area contributed by atoms with E-state index in [9.17, 15) is 9.90 Å². The summed E-state index contributed by atoms with van der Waals surface area (Å²) in [5.74, 6) is 0.150. The molecule has 0 saturated carbocycles. The Hall–Kier alpha value is -2.68. The quantitative estimate of drug-likeness (QED) is 0.670. The van der Waals surface area contributed by atoms with Crippen LogP contribution >= 0.6 is 0 Å². The maximum atomic E-state index is 12.1. The van der Waals surface area contributed by atoms with E-state index in [0.717, 1.165) is 5.57 Å². The second-order valence-electron chi connectivity index (χ2n) is 6.39. The number of aromatic hydroxyl groups is 1. The molecular formula is C17H20N2O4. The van der Waals surface area contributed by atoms with E-state index in [2.05, 4.69) is 11.4 Å². The summed E-state index contributed by atoms with van der Waals surface area (Å²) in [5, 5.41) is 9.89. The van der Waals surface area contributed by atoms with Crippen LogP contribution in [-0.2, 0) is 4.74 Å². The number of likely N-dealkylation sites (tertiary alicyclic amines) is 1. The fraction of sp³-hybridized carbons (Fsp3) is 0.412. The summed E-state index contributed by atoms with van der Waals surface area (Å²) in [6, 6.07) is 4.43. The molecule has 1 saturated heterocycles. The topological polar surface area (TPSA) is 63.4 Å². The largest absolute Gasteiger partial charge is 0.505 e. The summed E-state index contributed by atoms with van der Waals surface area (Å²) in [7, 11) is 0. The zero-order valence-corrected chi connectivity index (χ0v) is 13.5. The number of carbonyl (C=O) groups is 1. The highest BCUT2D eigenvalue weighted by molar-refractivity contribution is 5.69. The summed E-state index contributed by atoms with van der Waals surface area (Å²) in [4.78, 5) is 16.8. The molecule has 0 radical (unpaired) electrons. The molecule has 1 aliphatic rings. The van der Waals surface area contributed by atoms with Crippen LogP contribution in [0.25, 0.3) is 4.85 Å². The SMILES string of the molecule is [C-]#[N+]c1ccc(O[C@H]2CN(C(=O)OC(C)(C)C)CC2=C)c(O)c1. The van der Waals surface area contributed by atoms with Gasteiger partial charge in [-0.1, -0.05) is 12.6 Å². The summed E-state index contributed by atoms with van der Waals surface area (Å²) in [6.07, 6.45) is -0.843. The maximum absolute atomic E-state index is 12.1. The van der Waals surface area contributed by atoms with Crippen LogP contribution in [0, 0.1) is 6.57 Å². The first-order chi connectivity index (χ1) is 10.7. The average Bonchev–Trinajstić information content (AvgIpc) is 2.81. The Kier molecular flexibility index (Phi) is 4.50. The monoisotopic (exact) mass is 316 g/mol. The van der Waals surface area contributed by atoms with E-state index in [4.69, 9.17) is 16.0 Å². The lowest BCUT2D eigenvalue weighted by molar-refractivity contribution is 0.0276. The second-order valence-corrected chi connectivity index (χ2v) is 6.39. The number of hydrogen-bond donors (Lipinski definition) is 1. The molecule has 2 rings (SSSR count). The van der Waals surface area contributed by atoms with Crippen LogP contribution in [0.1, 0.15) is 20.8 Å². The number of ether oxygens (including phenoxy) is 2. The third-order valence-corrected chi connectivity index (χ3v) is 3.23. The molecule has 0 spiro atoms. The van der Waals surface area contributed by atoms with Crippen molar-refractivity contribution in [3.8, 4) is 11.5 Å². The van der Waals surface area contributed by atoms with Crippen LogP contribution in [-0.4, -0.2) is 40.9 Å². The number of amides is 1. The van der Waals surface area contributed by atoms with Gasteiger partial charge in [-0.15, -0.1) is 0 Å². The zero-order valence-electron chi connectivity index (χ0n) is 13.5. The van der Waals surface area contributed by atoms with Gasteiger partial charge in [-0.2, -0.15) is 0 Å². The molecule has 0 unspecified atom stereocenters. The number of phenols is 1. The minimum atomic E-state index is -0.564. The van der Waals surface area contributed by atoms with Gasteiger partial charge in [0.1, 0.15) is 17.5 Å². The molecule has 1 fully saturated rings. The summed E-state index contributed by atoms with van der Waals surface area (Å²) in [5.41, 5.74) is 0.491. The lowest BCUT2D eigenvalue weighted by atomic mass is 10.2. The highest BCUT2D eigenvalue weighted by Gasteiger charge is 2.33. The predicted octanol–water partition coefficient (Wildman–Crippen LogP) is 3.50. The Bertz CT molecular complexity index is 670. The van der Waals surface area contributed by atoms with Gasteiger partial charge in [0.15, 0.2) is 11.4 Å². The first kappa shape index (κ1) is 16.7. The van der Waals surface area contributed by atoms with Gasteiger partial charge in [0.05, 0.1) is 13.1 Å². The van der Waals surface area contributed by atoms with Gasteiger partial charge in [0.25, 0.3) is 0 Å². The van der Waals surface area contributed by atoms with Gasteiger partial charge < -0.3 is 19.5 Å². The molecule has 0 aromatic heterocycles. The van der Waals surface area contributed by atoms with E-state index in [0.29, 0.717) is 18.8 Å². The van der Waals surface area contributed by atoms with Crippen LogP contribution in [0.15, 0.2) is 30.4 Å². The van der Waals surface area contributed by atoms with E-state index in [1.807, 2.05) is 0 Å². The zero-order chi connectivity index (χ0) is 17.2. The Labute approximate surface area is 135 Å². The standard InChI is InChI=1S/C17H20N2O4/c1-11-9-19(16(21)23-17(2,3)4)10-15(11)22-14-7-6-12(18-5)8-13(14)20/h6-8,15,20H,1,9-10H2,2-4H3/t15-/m0/s1. The first-order valence-corrected chi connectivity index (χ1v) is 7.22. The van der Waals surface area contributed by atoms with Crippen molar-refractivity contribution in [2.75, 3.05) is 13.1 Å². The Morgan fingerprint density at radius 2 is 2.17 bits per heavy atom. The fourth-order valence-corrected chi connectivity index (χ4v) is 2.16. The van der Waals surface area contributed by atoms with Crippen molar-refractivity contribution >= 4 is 11.8 Å². The third-order valence-electron chi connectivity index (χ3n) is 3.23. The summed E-state index contributed by atoms with van der Waals surface area (Å²) < 4.78 is 11.1. The molecule has 0 bridgehead atoms. The summed E-state index contributed by atoms with van der Waals surface area (Å²) in [6.45, 7) is 16.9. The molecule has 0 aliphatic carbocycles. The molecule has 1 atom stereocenters. The molecule has 1 N–H and O–H groups in total. The highest BCUT2D eigenvalue weighted by Crippen LogP contribution is 2.33. The van der Waals surface area contributed by atoms with E-state index in [1.54, 1.807) is 26.8 Å². The van der Waals surface area contributed by atoms with Crippen molar-refractivity contribution in [1.82, 2.24) is 4.90 Å². The van der Waals surface area contributed by atoms with E-state index in [-0.39, 0.29) is 11.5 Å². The number of benzene rings is 1. The smallest absolute Gasteiger partial charge is 0.410 e. The molecule has 1 aliphatic heterocycles. The molecule has 23 heavy (non-hydrogen) atoms. The van der Waals surface area contributed by atoms with Gasteiger partial charge >= 0.3 is 6.09 Å². The van der Waals surface area contributed by atoms with Gasteiger partial charge in [0, 0.05) is 6.54 Å². The van der Waals surface area contributed by atoms with Crippen molar-refractivity contribution in [1.29, 1.82) is 0 Å². The lowest BCUT2D eigenvalue weighted by Gasteiger charge is -2.24. The number of hydrogen-bond acceptors (Lipinski definition) is 4. The molecule has 1 heterocycles. The minimum absolute atomic E-state index is 0.109. The van der Waals surface area contributed by atoms with Crippen LogP contribution in [0.3, 0.4) is 0 Å². The molecule has 1 aromatic carbocycles. The lowest BCUT2D eigenvalue weighted by Crippen LogP contribution is -2.36. The molecule has 6 nitrogen and oxygen atoms in total. The van der Waals surface area contributed by atoms with E-state index < -0.39 is 17.8 Å². The number of carbonyl (C=O) groups excluding carboxylic acids is 1. The number of rotatable bonds is 2. The van der Waals surface area contributed by atoms with Crippen LogP contribution < -0.4 is 4.74 Å². The molecule has 1 aromatic rings. The van der Waals surface area contributed by atoms with Crippen LogP contribution in [0.2, 0.25) is 0 Å². The fourth-order valence-electron chi connectivity index (χ4n) is 2.16.